The Morgan fingerprint density at radius 3 is 3.05 bits per heavy atom. The Hall–Kier alpha value is -1.69. The van der Waals surface area contributed by atoms with Crippen LogP contribution in [-0.2, 0) is 16.1 Å². The van der Waals surface area contributed by atoms with Crippen molar-refractivity contribution in [3.8, 4) is 0 Å². The quantitative estimate of drug-likeness (QED) is 0.862. The summed E-state index contributed by atoms with van der Waals surface area (Å²) < 4.78 is 5.80. The Balaban J connectivity index is 1.53. The number of ether oxygens (including phenoxy) is 1. The summed E-state index contributed by atoms with van der Waals surface area (Å²) in [6.45, 7) is 0.0323. The maximum absolute atomic E-state index is 11.8. The number of hydrogen-bond donors (Lipinski definition) is 1. The SMILES string of the molecule is O=C(CCC1CCCC1)OCc1nc2ccsc2c(=O)[nH]1. The van der Waals surface area contributed by atoms with E-state index in [1.807, 2.05) is 5.38 Å². The number of rotatable bonds is 5. The molecule has 0 amide bonds. The van der Waals surface area contributed by atoms with Crippen molar-refractivity contribution in [1.29, 1.82) is 0 Å². The molecule has 2 heterocycles. The van der Waals surface area contributed by atoms with Gasteiger partial charge in [-0.25, -0.2) is 4.98 Å². The van der Waals surface area contributed by atoms with Crippen LogP contribution in [0.4, 0.5) is 0 Å². The third kappa shape index (κ3) is 3.50. The smallest absolute Gasteiger partial charge is 0.306 e. The molecule has 2 aromatic rings. The van der Waals surface area contributed by atoms with Crippen LogP contribution in [0.3, 0.4) is 0 Å². The van der Waals surface area contributed by atoms with E-state index in [9.17, 15) is 9.59 Å². The van der Waals surface area contributed by atoms with Crippen LogP contribution in [0.1, 0.15) is 44.3 Å². The molecule has 1 saturated carbocycles. The highest BCUT2D eigenvalue weighted by Crippen LogP contribution is 2.28. The molecule has 0 saturated heterocycles. The first-order valence-electron chi connectivity index (χ1n) is 7.34. The zero-order valence-electron chi connectivity index (χ0n) is 11.8. The first-order chi connectivity index (χ1) is 10.2. The molecule has 2 aromatic heterocycles. The van der Waals surface area contributed by atoms with Gasteiger partial charge in [0.25, 0.3) is 5.56 Å². The average Bonchev–Trinajstić information content (AvgIpc) is 3.14. The first kappa shape index (κ1) is 14.3. The molecule has 1 fully saturated rings. The summed E-state index contributed by atoms with van der Waals surface area (Å²) in [5.41, 5.74) is 0.479. The number of fused-ring (bicyclic) bond motifs is 1. The van der Waals surface area contributed by atoms with Crippen LogP contribution in [0.25, 0.3) is 10.2 Å². The van der Waals surface area contributed by atoms with Crippen LogP contribution < -0.4 is 5.56 Å². The van der Waals surface area contributed by atoms with Gasteiger partial charge in [0.15, 0.2) is 0 Å². The van der Waals surface area contributed by atoms with Gasteiger partial charge >= 0.3 is 5.97 Å². The molecule has 6 heteroatoms. The van der Waals surface area contributed by atoms with Crippen molar-refractivity contribution in [3.63, 3.8) is 0 Å². The van der Waals surface area contributed by atoms with E-state index in [0.717, 1.165) is 6.42 Å². The van der Waals surface area contributed by atoms with Crippen LogP contribution in [-0.4, -0.2) is 15.9 Å². The fourth-order valence-electron chi connectivity index (χ4n) is 2.83. The van der Waals surface area contributed by atoms with E-state index in [-0.39, 0.29) is 18.1 Å². The molecule has 1 N–H and O–H groups in total. The second kappa shape index (κ2) is 6.39. The van der Waals surface area contributed by atoms with Gasteiger partial charge in [-0.1, -0.05) is 25.7 Å². The Labute approximate surface area is 126 Å². The number of thiophene rings is 1. The Kier molecular flexibility index (Phi) is 4.34. The molecular weight excluding hydrogens is 288 g/mol. The number of carbonyl (C=O) groups is 1. The second-order valence-electron chi connectivity index (χ2n) is 5.50. The standard InChI is InChI=1S/C15H18N2O3S/c18-13(6-5-10-3-1-2-4-10)20-9-12-16-11-7-8-21-14(11)15(19)17-12/h7-8,10H,1-6,9H2,(H,16,17,19). The molecule has 112 valence electrons. The third-order valence-electron chi connectivity index (χ3n) is 3.97. The minimum atomic E-state index is -0.213. The van der Waals surface area contributed by atoms with Gasteiger partial charge in [-0.2, -0.15) is 0 Å². The molecule has 1 aliphatic rings. The fraction of sp³-hybridized carbons (Fsp3) is 0.533. The summed E-state index contributed by atoms with van der Waals surface area (Å²) in [5, 5.41) is 1.82. The predicted octanol–water partition coefficient (Wildman–Crippen LogP) is 3.00. The van der Waals surface area contributed by atoms with Gasteiger partial charge in [0.1, 0.15) is 17.1 Å². The van der Waals surface area contributed by atoms with Crippen LogP contribution in [0, 0.1) is 5.92 Å². The minimum absolute atomic E-state index is 0.0323. The Bertz CT molecular complexity index is 686. The lowest BCUT2D eigenvalue weighted by Gasteiger charge is -2.08. The highest BCUT2D eigenvalue weighted by atomic mass is 32.1. The lowest BCUT2D eigenvalue weighted by Crippen LogP contribution is -2.13. The minimum Gasteiger partial charge on any atom is -0.458 e. The molecule has 21 heavy (non-hydrogen) atoms. The Morgan fingerprint density at radius 2 is 2.24 bits per heavy atom. The summed E-state index contributed by atoms with van der Waals surface area (Å²) in [7, 11) is 0. The van der Waals surface area contributed by atoms with E-state index < -0.39 is 0 Å². The molecule has 0 spiro atoms. The first-order valence-corrected chi connectivity index (χ1v) is 8.22. The summed E-state index contributed by atoms with van der Waals surface area (Å²) in [5.74, 6) is 0.868. The van der Waals surface area contributed by atoms with E-state index >= 15 is 0 Å². The van der Waals surface area contributed by atoms with Crippen molar-refractivity contribution in [2.24, 2.45) is 5.92 Å². The van der Waals surface area contributed by atoms with Gasteiger partial charge in [0, 0.05) is 6.42 Å². The van der Waals surface area contributed by atoms with Crippen molar-refractivity contribution in [2.75, 3.05) is 0 Å². The topological polar surface area (TPSA) is 72.0 Å². The zero-order chi connectivity index (χ0) is 14.7. The maximum atomic E-state index is 11.8. The van der Waals surface area contributed by atoms with Crippen molar-refractivity contribution in [1.82, 2.24) is 9.97 Å². The third-order valence-corrected chi connectivity index (χ3v) is 4.87. The van der Waals surface area contributed by atoms with Gasteiger partial charge in [0.05, 0.1) is 5.52 Å². The number of carbonyl (C=O) groups excluding carboxylic acids is 1. The maximum Gasteiger partial charge on any atom is 0.306 e. The van der Waals surface area contributed by atoms with Crippen LogP contribution in [0.2, 0.25) is 0 Å². The lowest BCUT2D eigenvalue weighted by molar-refractivity contribution is -0.145. The van der Waals surface area contributed by atoms with Crippen molar-refractivity contribution in [2.45, 2.75) is 45.1 Å². The summed E-state index contributed by atoms with van der Waals surface area (Å²) in [6, 6.07) is 1.79. The molecule has 5 nitrogen and oxygen atoms in total. The molecule has 0 radical (unpaired) electrons. The fourth-order valence-corrected chi connectivity index (χ4v) is 3.56. The monoisotopic (exact) mass is 306 g/mol. The van der Waals surface area contributed by atoms with Crippen molar-refractivity contribution >= 4 is 27.5 Å². The zero-order valence-corrected chi connectivity index (χ0v) is 12.6. The lowest BCUT2D eigenvalue weighted by atomic mass is 10.0. The van der Waals surface area contributed by atoms with Crippen LogP contribution in [0.15, 0.2) is 16.2 Å². The Morgan fingerprint density at radius 1 is 1.43 bits per heavy atom. The van der Waals surface area contributed by atoms with E-state index in [1.54, 1.807) is 6.07 Å². The number of H-pyrrole nitrogens is 1. The van der Waals surface area contributed by atoms with E-state index in [1.165, 1.54) is 37.0 Å². The van der Waals surface area contributed by atoms with E-state index in [0.29, 0.717) is 28.4 Å². The number of aromatic amines is 1. The summed E-state index contributed by atoms with van der Waals surface area (Å²) in [6.07, 6.45) is 6.40. The predicted molar refractivity (Wildman–Crippen MR) is 81.2 cm³/mol. The van der Waals surface area contributed by atoms with E-state index in [2.05, 4.69) is 9.97 Å². The van der Waals surface area contributed by atoms with E-state index in [4.69, 9.17) is 4.74 Å². The largest absolute Gasteiger partial charge is 0.458 e. The van der Waals surface area contributed by atoms with Gasteiger partial charge in [0.2, 0.25) is 0 Å². The number of esters is 1. The van der Waals surface area contributed by atoms with Crippen molar-refractivity contribution < 1.29 is 9.53 Å². The highest BCUT2D eigenvalue weighted by Gasteiger charge is 2.16. The van der Waals surface area contributed by atoms with Crippen molar-refractivity contribution in [3.05, 3.63) is 27.6 Å². The van der Waals surface area contributed by atoms with Gasteiger partial charge in [-0.15, -0.1) is 11.3 Å². The van der Waals surface area contributed by atoms with Crippen LogP contribution >= 0.6 is 11.3 Å². The highest BCUT2D eigenvalue weighted by molar-refractivity contribution is 7.17. The number of nitrogens with one attached hydrogen (secondary N) is 1. The molecule has 0 aromatic carbocycles. The van der Waals surface area contributed by atoms with Gasteiger partial charge in [-0.05, 0) is 23.8 Å². The number of nitrogens with zero attached hydrogens (tertiary/aromatic N) is 1. The number of hydrogen-bond acceptors (Lipinski definition) is 5. The molecule has 0 unspecified atom stereocenters. The average molecular weight is 306 g/mol. The molecule has 3 rings (SSSR count). The molecule has 0 aliphatic heterocycles. The molecule has 0 atom stereocenters. The number of aromatic nitrogens is 2. The summed E-state index contributed by atoms with van der Waals surface area (Å²) in [4.78, 5) is 30.4. The second-order valence-corrected chi connectivity index (χ2v) is 6.41. The summed E-state index contributed by atoms with van der Waals surface area (Å²) >= 11 is 1.36. The molecular formula is C15H18N2O3S. The molecule has 1 aliphatic carbocycles. The van der Waals surface area contributed by atoms with Crippen LogP contribution in [0.5, 0.6) is 0 Å². The van der Waals surface area contributed by atoms with Gasteiger partial charge < -0.3 is 9.72 Å². The molecule has 0 bridgehead atoms. The van der Waals surface area contributed by atoms with Gasteiger partial charge in [-0.3, -0.25) is 9.59 Å². The normalized spacial score (nSPS) is 15.6.